The van der Waals surface area contributed by atoms with E-state index >= 15 is 0 Å². The Balaban J connectivity index is 1.72. The number of aryl methyl sites for hydroxylation is 1. The van der Waals surface area contributed by atoms with Crippen LogP contribution in [0.25, 0.3) is 6.08 Å². The number of esters is 1. The molecule has 1 N–H and O–H groups in total. The second kappa shape index (κ2) is 9.13. The van der Waals surface area contributed by atoms with Gasteiger partial charge in [-0.1, -0.05) is 12.1 Å². The van der Waals surface area contributed by atoms with E-state index in [-0.39, 0.29) is 11.7 Å². The van der Waals surface area contributed by atoms with Crippen LogP contribution in [0.2, 0.25) is 0 Å². The summed E-state index contributed by atoms with van der Waals surface area (Å²) >= 11 is 1.57. The highest BCUT2D eigenvalue weighted by molar-refractivity contribution is 7.12. The van der Waals surface area contributed by atoms with Gasteiger partial charge in [-0.3, -0.25) is 4.79 Å². The first-order chi connectivity index (χ1) is 11.9. The molecule has 0 saturated carbocycles. The zero-order valence-electron chi connectivity index (χ0n) is 14.1. The van der Waals surface area contributed by atoms with Crippen LogP contribution in [0.15, 0.2) is 42.5 Å². The Kier molecular flexibility index (Phi) is 6.89. The maximum absolute atomic E-state index is 12.8. The molecule has 0 bridgehead atoms. The fourth-order valence-electron chi connectivity index (χ4n) is 2.09. The van der Waals surface area contributed by atoms with Gasteiger partial charge in [-0.25, -0.2) is 9.18 Å². The third-order valence-electron chi connectivity index (χ3n) is 3.43. The van der Waals surface area contributed by atoms with Crippen LogP contribution in [0.1, 0.15) is 22.2 Å². The van der Waals surface area contributed by atoms with E-state index in [1.54, 1.807) is 29.5 Å². The number of carbonyl (C=O) groups is 2. The summed E-state index contributed by atoms with van der Waals surface area (Å²) in [6.45, 7) is 3.89. The van der Waals surface area contributed by atoms with Crippen molar-refractivity contribution in [2.45, 2.75) is 26.4 Å². The summed E-state index contributed by atoms with van der Waals surface area (Å²) < 4.78 is 17.9. The molecule has 1 atom stereocenters. The maximum atomic E-state index is 12.8. The molecule has 1 heterocycles. The summed E-state index contributed by atoms with van der Waals surface area (Å²) in [5.41, 5.74) is 0.917. The van der Waals surface area contributed by atoms with E-state index in [4.69, 9.17) is 4.74 Å². The van der Waals surface area contributed by atoms with Gasteiger partial charge >= 0.3 is 5.97 Å². The highest BCUT2D eigenvalue weighted by Gasteiger charge is 2.15. The van der Waals surface area contributed by atoms with Crippen molar-refractivity contribution < 1.29 is 18.7 Å². The molecule has 4 nitrogen and oxygen atoms in total. The van der Waals surface area contributed by atoms with E-state index in [1.807, 2.05) is 19.1 Å². The van der Waals surface area contributed by atoms with E-state index in [0.717, 1.165) is 15.3 Å². The number of halogens is 1. The lowest BCUT2D eigenvalue weighted by molar-refractivity contribution is -0.150. The van der Waals surface area contributed by atoms with Crippen molar-refractivity contribution in [2.24, 2.45) is 0 Å². The minimum atomic E-state index is -0.879. The van der Waals surface area contributed by atoms with Crippen LogP contribution in [0.5, 0.6) is 0 Å². The fourth-order valence-corrected chi connectivity index (χ4v) is 2.87. The number of nitrogens with one attached hydrogen (secondary N) is 1. The number of rotatable bonds is 7. The minimum absolute atomic E-state index is 0.293. The predicted octanol–water partition coefficient (Wildman–Crippen LogP) is 3.50. The standard InChI is InChI=1S/C19H20FNO3S/c1-13-3-8-17(25-13)9-10-18(22)24-14(2)19(23)21-12-11-15-4-6-16(20)7-5-15/h3-10,14H,11-12H2,1-2H3,(H,21,23). The average molecular weight is 361 g/mol. The van der Waals surface area contributed by atoms with Crippen molar-refractivity contribution in [3.63, 3.8) is 0 Å². The molecular weight excluding hydrogens is 341 g/mol. The summed E-state index contributed by atoms with van der Waals surface area (Å²) in [7, 11) is 0. The topological polar surface area (TPSA) is 55.4 Å². The third-order valence-corrected chi connectivity index (χ3v) is 4.40. The molecule has 0 saturated heterocycles. The van der Waals surface area contributed by atoms with Crippen LogP contribution in [0, 0.1) is 12.7 Å². The molecule has 25 heavy (non-hydrogen) atoms. The van der Waals surface area contributed by atoms with Gasteiger partial charge in [-0.2, -0.15) is 0 Å². The van der Waals surface area contributed by atoms with Gasteiger partial charge in [0.2, 0.25) is 0 Å². The van der Waals surface area contributed by atoms with Crippen LogP contribution >= 0.6 is 11.3 Å². The summed E-state index contributed by atoms with van der Waals surface area (Å²) in [6.07, 6.45) is 2.67. The highest BCUT2D eigenvalue weighted by Crippen LogP contribution is 2.16. The van der Waals surface area contributed by atoms with Crippen molar-refractivity contribution in [1.82, 2.24) is 5.32 Å². The first-order valence-electron chi connectivity index (χ1n) is 7.91. The van der Waals surface area contributed by atoms with Crippen molar-refractivity contribution in [3.8, 4) is 0 Å². The monoisotopic (exact) mass is 361 g/mol. The van der Waals surface area contributed by atoms with Gasteiger partial charge in [0, 0.05) is 22.4 Å². The Morgan fingerprint density at radius 3 is 2.60 bits per heavy atom. The Morgan fingerprint density at radius 1 is 1.24 bits per heavy atom. The summed E-state index contributed by atoms with van der Waals surface area (Å²) in [4.78, 5) is 25.8. The van der Waals surface area contributed by atoms with Crippen LogP contribution < -0.4 is 5.32 Å². The molecule has 0 spiro atoms. The number of thiophene rings is 1. The van der Waals surface area contributed by atoms with E-state index in [2.05, 4.69) is 5.32 Å². The summed E-state index contributed by atoms with van der Waals surface area (Å²) in [5, 5.41) is 2.70. The van der Waals surface area contributed by atoms with Gasteiger partial charge in [0.05, 0.1) is 0 Å². The molecule has 1 amide bonds. The maximum Gasteiger partial charge on any atom is 0.331 e. The van der Waals surface area contributed by atoms with E-state index in [1.165, 1.54) is 25.1 Å². The van der Waals surface area contributed by atoms with Crippen molar-refractivity contribution in [1.29, 1.82) is 0 Å². The number of carbonyl (C=O) groups excluding carboxylic acids is 2. The molecule has 0 aliphatic heterocycles. The van der Waals surface area contributed by atoms with Gasteiger partial charge in [0.25, 0.3) is 5.91 Å². The normalized spacial score (nSPS) is 12.1. The molecule has 1 unspecified atom stereocenters. The Hall–Kier alpha value is -2.47. The van der Waals surface area contributed by atoms with Gasteiger partial charge in [-0.05, 0) is 56.2 Å². The SMILES string of the molecule is Cc1ccc(C=CC(=O)OC(C)C(=O)NCCc2ccc(F)cc2)s1. The Labute approximate surface area is 150 Å². The summed E-state index contributed by atoms with van der Waals surface area (Å²) in [6, 6.07) is 9.97. The van der Waals surface area contributed by atoms with Crippen LogP contribution in [-0.4, -0.2) is 24.5 Å². The average Bonchev–Trinajstić information content (AvgIpc) is 3.00. The zero-order chi connectivity index (χ0) is 18.2. The van der Waals surface area contributed by atoms with Crippen molar-refractivity contribution in [3.05, 3.63) is 63.6 Å². The fraction of sp³-hybridized carbons (Fsp3) is 0.263. The molecule has 6 heteroatoms. The van der Waals surface area contributed by atoms with Crippen LogP contribution in [0.3, 0.4) is 0 Å². The van der Waals surface area contributed by atoms with E-state index < -0.39 is 12.1 Å². The Bertz CT molecular complexity index is 752. The van der Waals surface area contributed by atoms with Gasteiger partial charge < -0.3 is 10.1 Å². The Morgan fingerprint density at radius 2 is 1.96 bits per heavy atom. The first-order valence-corrected chi connectivity index (χ1v) is 8.73. The van der Waals surface area contributed by atoms with Gasteiger partial charge in [-0.15, -0.1) is 11.3 Å². The molecule has 132 valence electrons. The zero-order valence-corrected chi connectivity index (χ0v) is 14.9. The van der Waals surface area contributed by atoms with Gasteiger partial charge in [0.1, 0.15) is 5.82 Å². The van der Waals surface area contributed by atoms with Gasteiger partial charge in [0.15, 0.2) is 6.10 Å². The first kappa shape index (κ1) is 18.9. The van der Waals surface area contributed by atoms with E-state index in [9.17, 15) is 14.0 Å². The van der Waals surface area contributed by atoms with Crippen LogP contribution in [-0.2, 0) is 20.7 Å². The lowest BCUT2D eigenvalue weighted by Crippen LogP contribution is -2.36. The second-order valence-electron chi connectivity index (χ2n) is 5.53. The van der Waals surface area contributed by atoms with Crippen LogP contribution in [0.4, 0.5) is 4.39 Å². The number of hydrogen-bond acceptors (Lipinski definition) is 4. The molecule has 0 fully saturated rings. The molecule has 1 aromatic carbocycles. The second-order valence-corrected chi connectivity index (χ2v) is 6.85. The smallest absolute Gasteiger partial charge is 0.331 e. The third kappa shape index (κ3) is 6.51. The van der Waals surface area contributed by atoms with E-state index in [0.29, 0.717) is 13.0 Å². The molecule has 2 rings (SSSR count). The lowest BCUT2D eigenvalue weighted by atomic mass is 10.1. The largest absolute Gasteiger partial charge is 0.449 e. The molecule has 0 aliphatic rings. The molecule has 1 aromatic heterocycles. The number of ether oxygens (including phenoxy) is 1. The molecule has 0 radical (unpaired) electrons. The quantitative estimate of drug-likeness (QED) is 0.607. The number of benzene rings is 1. The highest BCUT2D eigenvalue weighted by atomic mass is 32.1. The summed E-state index contributed by atoms with van der Waals surface area (Å²) in [5.74, 6) is -1.22. The molecule has 0 aliphatic carbocycles. The van der Waals surface area contributed by atoms with Crippen molar-refractivity contribution >= 4 is 29.3 Å². The lowest BCUT2D eigenvalue weighted by Gasteiger charge is -2.12. The molecule has 2 aromatic rings. The minimum Gasteiger partial charge on any atom is -0.449 e. The number of amides is 1. The van der Waals surface area contributed by atoms with Crippen molar-refractivity contribution in [2.75, 3.05) is 6.54 Å². The predicted molar refractivity (Wildman–Crippen MR) is 96.8 cm³/mol. The molecular formula is C19H20FNO3S. The number of hydrogen-bond donors (Lipinski definition) is 1.